The van der Waals surface area contributed by atoms with Gasteiger partial charge in [0.2, 0.25) is 0 Å². The number of carbonyl (C=O) groups is 1. The van der Waals surface area contributed by atoms with Gasteiger partial charge in [-0.15, -0.1) is 0 Å². The molecule has 18 heavy (non-hydrogen) atoms. The summed E-state index contributed by atoms with van der Waals surface area (Å²) in [6, 6.07) is 0. The van der Waals surface area contributed by atoms with E-state index in [2.05, 4.69) is 5.32 Å². The second kappa shape index (κ2) is 9.16. The Kier molecular flexibility index (Phi) is 8.75. The Bertz CT molecular complexity index is 226. The number of ether oxygens (including phenoxy) is 2. The molecular formula is C13H27NO4. The average molecular weight is 261 g/mol. The molecule has 0 aliphatic carbocycles. The minimum absolute atomic E-state index is 0.00868. The van der Waals surface area contributed by atoms with Crippen molar-refractivity contribution in [3.05, 3.63) is 0 Å². The Morgan fingerprint density at radius 2 is 2.00 bits per heavy atom. The standard InChI is InChI=1S/C13H27NO4/c1-5-7-17-8-6-11(10-15)9-14-12(16)18-13(2,3)4/h11,15H,5-10H2,1-4H3,(H,14,16). The van der Waals surface area contributed by atoms with Crippen molar-refractivity contribution in [3.8, 4) is 0 Å². The highest BCUT2D eigenvalue weighted by Gasteiger charge is 2.17. The molecule has 0 heterocycles. The molecule has 1 unspecified atom stereocenters. The van der Waals surface area contributed by atoms with E-state index < -0.39 is 11.7 Å². The fourth-order valence-corrected chi connectivity index (χ4v) is 1.30. The highest BCUT2D eigenvalue weighted by Crippen LogP contribution is 2.07. The minimum atomic E-state index is -0.497. The van der Waals surface area contributed by atoms with E-state index in [1.807, 2.05) is 27.7 Å². The summed E-state index contributed by atoms with van der Waals surface area (Å²) in [6.07, 6.45) is 1.27. The number of hydrogen-bond donors (Lipinski definition) is 2. The van der Waals surface area contributed by atoms with Crippen LogP contribution in [0.25, 0.3) is 0 Å². The molecule has 0 radical (unpaired) electrons. The third-order valence-electron chi connectivity index (χ3n) is 2.21. The summed E-state index contributed by atoms with van der Waals surface area (Å²) in [5.41, 5.74) is -0.497. The summed E-state index contributed by atoms with van der Waals surface area (Å²) in [4.78, 5) is 11.4. The number of alkyl carbamates (subject to hydrolysis) is 1. The van der Waals surface area contributed by atoms with E-state index in [1.165, 1.54) is 0 Å². The topological polar surface area (TPSA) is 67.8 Å². The molecule has 0 aliphatic rings. The molecule has 0 rings (SSSR count). The van der Waals surface area contributed by atoms with E-state index in [0.29, 0.717) is 13.2 Å². The van der Waals surface area contributed by atoms with Crippen LogP contribution < -0.4 is 5.32 Å². The van der Waals surface area contributed by atoms with Crippen molar-refractivity contribution in [3.63, 3.8) is 0 Å². The van der Waals surface area contributed by atoms with Crippen LogP contribution in [0.2, 0.25) is 0 Å². The molecule has 0 saturated heterocycles. The van der Waals surface area contributed by atoms with Crippen molar-refractivity contribution in [2.45, 2.75) is 46.1 Å². The molecule has 1 atom stereocenters. The van der Waals surface area contributed by atoms with Gasteiger partial charge in [0.1, 0.15) is 5.60 Å². The lowest BCUT2D eigenvalue weighted by Crippen LogP contribution is -2.36. The zero-order chi connectivity index (χ0) is 14.0. The van der Waals surface area contributed by atoms with Crippen molar-refractivity contribution in [1.82, 2.24) is 5.32 Å². The molecule has 0 fully saturated rings. The Balaban J connectivity index is 3.75. The third kappa shape index (κ3) is 10.4. The summed E-state index contributed by atoms with van der Waals surface area (Å²) in [7, 11) is 0. The van der Waals surface area contributed by atoms with Crippen molar-refractivity contribution < 1.29 is 19.4 Å². The SMILES string of the molecule is CCCOCCC(CO)CNC(=O)OC(C)(C)C. The number of rotatable bonds is 8. The Hall–Kier alpha value is -0.810. The summed E-state index contributed by atoms with van der Waals surface area (Å²) < 4.78 is 10.5. The first-order valence-corrected chi connectivity index (χ1v) is 6.54. The van der Waals surface area contributed by atoms with Crippen LogP contribution in [0, 0.1) is 5.92 Å². The van der Waals surface area contributed by atoms with Gasteiger partial charge in [-0.25, -0.2) is 4.79 Å². The Labute approximate surface area is 110 Å². The molecule has 2 N–H and O–H groups in total. The molecule has 0 aliphatic heterocycles. The van der Waals surface area contributed by atoms with Crippen LogP contribution in [0.3, 0.4) is 0 Å². The maximum Gasteiger partial charge on any atom is 0.407 e. The molecular weight excluding hydrogens is 234 g/mol. The summed E-state index contributed by atoms with van der Waals surface area (Å²) in [5, 5.41) is 11.8. The number of aliphatic hydroxyl groups is 1. The fourth-order valence-electron chi connectivity index (χ4n) is 1.30. The van der Waals surface area contributed by atoms with E-state index in [-0.39, 0.29) is 12.5 Å². The number of aliphatic hydroxyl groups excluding tert-OH is 1. The number of carbonyl (C=O) groups excluding carboxylic acids is 1. The second-order valence-corrected chi connectivity index (χ2v) is 5.33. The van der Waals surface area contributed by atoms with Crippen molar-refractivity contribution in [2.24, 2.45) is 5.92 Å². The van der Waals surface area contributed by atoms with E-state index in [1.54, 1.807) is 0 Å². The molecule has 0 bridgehead atoms. The number of hydrogen-bond acceptors (Lipinski definition) is 4. The summed E-state index contributed by atoms with van der Waals surface area (Å²) >= 11 is 0. The van der Waals surface area contributed by atoms with E-state index >= 15 is 0 Å². The van der Waals surface area contributed by atoms with Gasteiger partial charge in [-0.3, -0.25) is 0 Å². The van der Waals surface area contributed by atoms with Crippen molar-refractivity contribution in [1.29, 1.82) is 0 Å². The van der Waals surface area contributed by atoms with Gasteiger partial charge in [0.05, 0.1) is 0 Å². The van der Waals surface area contributed by atoms with E-state index in [9.17, 15) is 9.90 Å². The Morgan fingerprint density at radius 1 is 1.33 bits per heavy atom. The van der Waals surface area contributed by atoms with Crippen LogP contribution in [0.5, 0.6) is 0 Å². The van der Waals surface area contributed by atoms with Gasteiger partial charge in [-0.2, -0.15) is 0 Å². The maximum absolute atomic E-state index is 11.4. The molecule has 0 aromatic carbocycles. The highest BCUT2D eigenvalue weighted by atomic mass is 16.6. The fraction of sp³-hybridized carbons (Fsp3) is 0.923. The lowest BCUT2D eigenvalue weighted by atomic mass is 10.1. The normalized spacial score (nSPS) is 13.2. The van der Waals surface area contributed by atoms with Crippen LogP contribution in [-0.2, 0) is 9.47 Å². The van der Waals surface area contributed by atoms with E-state index in [4.69, 9.17) is 9.47 Å². The maximum atomic E-state index is 11.4. The smallest absolute Gasteiger partial charge is 0.407 e. The first-order chi connectivity index (χ1) is 8.39. The van der Waals surface area contributed by atoms with Gasteiger partial charge < -0.3 is 19.9 Å². The molecule has 0 aromatic rings. The van der Waals surface area contributed by atoms with Crippen molar-refractivity contribution >= 4 is 6.09 Å². The lowest BCUT2D eigenvalue weighted by Gasteiger charge is -2.21. The zero-order valence-corrected chi connectivity index (χ0v) is 12.0. The molecule has 0 saturated carbocycles. The molecule has 5 heteroatoms. The molecule has 108 valence electrons. The van der Waals surface area contributed by atoms with Crippen LogP contribution in [-0.4, -0.2) is 43.2 Å². The highest BCUT2D eigenvalue weighted by molar-refractivity contribution is 5.67. The van der Waals surface area contributed by atoms with Gasteiger partial charge in [0.25, 0.3) is 0 Å². The summed E-state index contributed by atoms with van der Waals surface area (Å²) in [5.74, 6) is 0.00868. The number of nitrogens with one attached hydrogen (secondary N) is 1. The van der Waals surface area contributed by atoms with Gasteiger partial charge in [-0.05, 0) is 33.6 Å². The average Bonchev–Trinajstić information content (AvgIpc) is 2.26. The van der Waals surface area contributed by atoms with Gasteiger partial charge in [-0.1, -0.05) is 6.92 Å². The third-order valence-corrected chi connectivity index (χ3v) is 2.21. The van der Waals surface area contributed by atoms with Crippen LogP contribution in [0.15, 0.2) is 0 Å². The predicted octanol–water partition coefficient (Wildman–Crippen LogP) is 1.94. The minimum Gasteiger partial charge on any atom is -0.444 e. The predicted molar refractivity (Wildman–Crippen MR) is 70.5 cm³/mol. The van der Waals surface area contributed by atoms with Gasteiger partial charge >= 0.3 is 6.09 Å². The van der Waals surface area contributed by atoms with Crippen molar-refractivity contribution in [2.75, 3.05) is 26.4 Å². The largest absolute Gasteiger partial charge is 0.444 e. The van der Waals surface area contributed by atoms with Gasteiger partial charge in [0.15, 0.2) is 0 Å². The quantitative estimate of drug-likeness (QED) is 0.655. The van der Waals surface area contributed by atoms with Crippen LogP contribution in [0.4, 0.5) is 4.79 Å². The second-order valence-electron chi connectivity index (χ2n) is 5.33. The molecule has 0 aromatic heterocycles. The van der Waals surface area contributed by atoms with Crippen LogP contribution in [0.1, 0.15) is 40.5 Å². The van der Waals surface area contributed by atoms with E-state index in [0.717, 1.165) is 19.4 Å². The zero-order valence-electron chi connectivity index (χ0n) is 12.0. The molecule has 0 spiro atoms. The number of amides is 1. The Morgan fingerprint density at radius 3 is 2.50 bits per heavy atom. The summed E-state index contributed by atoms with van der Waals surface area (Å²) in [6.45, 7) is 9.27. The first-order valence-electron chi connectivity index (χ1n) is 6.54. The van der Waals surface area contributed by atoms with Crippen LogP contribution >= 0.6 is 0 Å². The lowest BCUT2D eigenvalue weighted by molar-refractivity contribution is 0.0500. The monoisotopic (exact) mass is 261 g/mol. The molecule has 5 nitrogen and oxygen atoms in total. The molecule has 1 amide bonds. The first kappa shape index (κ1) is 17.2. The van der Waals surface area contributed by atoms with Gasteiger partial charge in [0, 0.05) is 32.3 Å².